The highest BCUT2D eigenvalue weighted by Gasteiger charge is 2.56. The first-order valence-electron chi connectivity index (χ1n) is 7.62. The summed E-state index contributed by atoms with van der Waals surface area (Å²) >= 11 is 6.01. The monoisotopic (exact) mass is 330 g/mol. The van der Waals surface area contributed by atoms with Crippen LogP contribution >= 0.6 is 11.6 Å². The summed E-state index contributed by atoms with van der Waals surface area (Å²) in [4.78, 5) is 0. The minimum atomic E-state index is -0.594. The molecule has 1 aliphatic heterocycles. The van der Waals surface area contributed by atoms with Gasteiger partial charge in [0, 0.05) is 10.5 Å². The lowest BCUT2D eigenvalue weighted by Gasteiger charge is -2.36. The molecule has 0 spiro atoms. The number of halogens is 1. The van der Waals surface area contributed by atoms with Gasteiger partial charge in [0.1, 0.15) is 11.4 Å². The standard InChI is InChI=1S/C18H20BClO3/c1-17(2)18(3,13-9-11-14(20)12-10-13)23-19(22-17)15-7-5-6-8-16(15)21-4/h5-12H,1-4H3. The Morgan fingerprint density at radius 2 is 1.61 bits per heavy atom. The topological polar surface area (TPSA) is 27.7 Å². The van der Waals surface area contributed by atoms with E-state index in [0.717, 1.165) is 16.8 Å². The quantitative estimate of drug-likeness (QED) is 0.802. The van der Waals surface area contributed by atoms with Gasteiger partial charge in [-0.2, -0.15) is 0 Å². The molecule has 1 aliphatic rings. The summed E-state index contributed by atoms with van der Waals surface area (Å²) in [6.45, 7) is 6.12. The molecule has 120 valence electrons. The lowest BCUT2D eigenvalue weighted by molar-refractivity contribution is -0.0133. The van der Waals surface area contributed by atoms with Gasteiger partial charge in [-0.25, -0.2) is 0 Å². The number of benzene rings is 2. The molecule has 3 rings (SSSR count). The molecule has 0 aliphatic carbocycles. The number of hydrogen-bond donors (Lipinski definition) is 0. The minimum Gasteiger partial charge on any atom is -0.497 e. The van der Waals surface area contributed by atoms with Gasteiger partial charge in [-0.05, 0) is 44.5 Å². The fourth-order valence-corrected chi connectivity index (χ4v) is 3.06. The van der Waals surface area contributed by atoms with Crippen molar-refractivity contribution in [3.63, 3.8) is 0 Å². The fraction of sp³-hybridized carbons (Fsp3) is 0.333. The summed E-state index contributed by atoms with van der Waals surface area (Å²) in [7, 11) is 1.17. The Labute approximate surface area is 142 Å². The van der Waals surface area contributed by atoms with Crippen LogP contribution in [-0.2, 0) is 14.9 Å². The fourth-order valence-electron chi connectivity index (χ4n) is 2.93. The molecule has 5 heteroatoms. The van der Waals surface area contributed by atoms with Gasteiger partial charge in [0.25, 0.3) is 0 Å². The summed E-state index contributed by atoms with van der Waals surface area (Å²) in [6.07, 6.45) is 0. The maximum atomic E-state index is 6.37. The van der Waals surface area contributed by atoms with Crippen LogP contribution in [0.15, 0.2) is 48.5 Å². The zero-order valence-corrected chi connectivity index (χ0v) is 14.6. The van der Waals surface area contributed by atoms with Crippen molar-refractivity contribution in [3.05, 3.63) is 59.1 Å². The molecule has 23 heavy (non-hydrogen) atoms. The van der Waals surface area contributed by atoms with Gasteiger partial charge in [0.2, 0.25) is 0 Å². The summed E-state index contributed by atoms with van der Waals surface area (Å²) in [6, 6.07) is 15.5. The molecular weight excluding hydrogens is 310 g/mol. The van der Waals surface area contributed by atoms with Gasteiger partial charge in [-0.1, -0.05) is 41.9 Å². The van der Waals surface area contributed by atoms with Crippen molar-refractivity contribution in [2.75, 3.05) is 7.11 Å². The minimum absolute atomic E-state index is 0.484. The van der Waals surface area contributed by atoms with Crippen molar-refractivity contribution < 1.29 is 14.0 Å². The predicted molar refractivity (Wildman–Crippen MR) is 93.4 cm³/mol. The molecule has 3 nitrogen and oxygen atoms in total. The van der Waals surface area contributed by atoms with Gasteiger partial charge in [-0.3, -0.25) is 0 Å². The van der Waals surface area contributed by atoms with E-state index >= 15 is 0 Å². The summed E-state index contributed by atoms with van der Waals surface area (Å²) < 4.78 is 18.1. The number of methoxy groups -OCH3 is 1. The van der Waals surface area contributed by atoms with Crippen LogP contribution in [0.2, 0.25) is 5.02 Å². The Hall–Kier alpha value is -1.49. The molecule has 1 saturated heterocycles. The molecule has 2 aromatic carbocycles. The van der Waals surface area contributed by atoms with E-state index < -0.39 is 18.3 Å². The Morgan fingerprint density at radius 3 is 2.26 bits per heavy atom. The summed E-state index contributed by atoms with van der Waals surface area (Å²) in [5.41, 5.74) is 0.820. The number of ether oxygens (including phenoxy) is 1. The van der Waals surface area contributed by atoms with Gasteiger partial charge in [0.15, 0.2) is 0 Å². The third kappa shape index (κ3) is 2.76. The van der Waals surface area contributed by atoms with E-state index in [0.29, 0.717) is 5.02 Å². The van der Waals surface area contributed by atoms with Crippen LogP contribution in [0.5, 0.6) is 5.75 Å². The van der Waals surface area contributed by atoms with Crippen molar-refractivity contribution in [1.82, 2.24) is 0 Å². The normalized spacial score (nSPS) is 23.1. The van der Waals surface area contributed by atoms with Crippen molar-refractivity contribution in [3.8, 4) is 5.75 Å². The third-order valence-electron chi connectivity index (χ3n) is 4.68. The lowest BCUT2D eigenvalue weighted by Crippen LogP contribution is -2.42. The van der Waals surface area contributed by atoms with Gasteiger partial charge >= 0.3 is 7.12 Å². The Kier molecular flexibility index (Phi) is 4.17. The highest BCUT2D eigenvalue weighted by atomic mass is 35.5. The van der Waals surface area contributed by atoms with Gasteiger partial charge < -0.3 is 14.0 Å². The first kappa shape index (κ1) is 16.4. The maximum Gasteiger partial charge on any atom is 0.498 e. The molecule has 0 N–H and O–H groups in total. The molecule has 0 amide bonds. The van der Waals surface area contributed by atoms with Crippen molar-refractivity contribution in [2.24, 2.45) is 0 Å². The van der Waals surface area contributed by atoms with E-state index in [2.05, 4.69) is 0 Å². The second-order valence-corrected chi connectivity index (χ2v) is 6.80. The van der Waals surface area contributed by atoms with Crippen LogP contribution in [-0.4, -0.2) is 19.8 Å². The molecule has 0 saturated carbocycles. The van der Waals surface area contributed by atoms with E-state index in [1.165, 1.54) is 0 Å². The van der Waals surface area contributed by atoms with Gasteiger partial charge in [-0.15, -0.1) is 0 Å². The first-order valence-corrected chi connectivity index (χ1v) is 8.00. The molecule has 2 aromatic rings. The third-order valence-corrected chi connectivity index (χ3v) is 4.93. The predicted octanol–water partition coefficient (Wildman–Crippen LogP) is 3.78. The number of para-hydroxylation sites is 1. The molecule has 1 unspecified atom stereocenters. The highest BCUT2D eigenvalue weighted by Crippen LogP contribution is 2.45. The zero-order valence-electron chi connectivity index (χ0n) is 13.8. The average Bonchev–Trinajstić information content (AvgIpc) is 2.78. The molecule has 1 atom stereocenters. The van der Waals surface area contributed by atoms with Crippen molar-refractivity contribution in [2.45, 2.75) is 32.0 Å². The van der Waals surface area contributed by atoms with Crippen LogP contribution in [0, 0.1) is 0 Å². The SMILES string of the molecule is COc1ccccc1B1OC(C)(C)C(C)(c2ccc(Cl)cc2)O1. The largest absolute Gasteiger partial charge is 0.498 e. The molecule has 0 aromatic heterocycles. The second-order valence-electron chi connectivity index (χ2n) is 6.36. The Morgan fingerprint density at radius 1 is 0.957 bits per heavy atom. The average molecular weight is 331 g/mol. The summed E-state index contributed by atoms with van der Waals surface area (Å²) in [5, 5.41) is 0.704. The van der Waals surface area contributed by atoms with Crippen molar-refractivity contribution >= 4 is 24.2 Å². The maximum absolute atomic E-state index is 6.37. The number of rotatable bonds is 3. The van der Waals surface area contributed by atoms with Crippen LogP contribution < -0.4 is 10.2 Å². The Balaban J connectivity index is 1.99. The second kappa shape index (κ2) is 5.86. The zero-order chi connectivity index (χ0) is 16.7. The van der Waals surface area contributed by atoms with Gasteiger partial charge in [0.05, 0.1) is 12.7 Å². The van der Waals surface area contributed by atoms with Crippen LogP contribution in [0.1, 0.15) is 26.3 Å². The van der Waals surface area contributed by atoms with Crippen LogP contribution in [0.4, 0.5) is 0 Å². The van der Waals surface area contributed by atoms with E-state index in [1.54, 1.807) is 7.11 Å². The molecule has 0 bridgehead atoms. The molecule has 1 fully saturated rings. The number of hydrogen-bond acceptors (Lipinski definition) is 3. The lowest BCUT2D eigenvalue weighted by atomic mass is 9.78. The molecular formula is C18H20BClO3. The van der Waals surface area contributed by atoms with E-state index in [1.807, 2.05) is 69.3 Å². The van der Waals surface area contributed by atoms with E-state index in [9.17, 15) is 0 Å². The van der Waals surface area contributed by atoms with E-state index in [4.69, 9.17) is 25.6 Å². The first-order chi connectivity index (χ1) is 10.9. The smallest absolute Gasteiger partial charge is 0.497 e. The van der Waals surface area contributed by atoms with Crippen LogP contribution in [0.3, 0.4) is 0 Å². The molecule has 1 heterocycles. The Bertz CT molecular complexity index is 702. The van der Waals surface area contributed by atoms with Crippen LogP contribution in [0.25, 0.3) is 0 Å². The van der Waals surface area contributed by atoms with Crippen molar-refractivity contribution in [1.29, 1.82) is 0 Å². The van der Waals surface area contributed by atoms with E-state index in [-0.39, 0.29) is 0 Å². The highest BCUT2D eigenvalue weighted by molar-refractivity contribution is 6.63. The molecule has 0 radical (unpaired) electrons. The summed E-state index contributed by atoms with van der Waals surface area (Å²) in [5.74, 6) is 0.758.